The monoisotopic (exact) mass is 474 g/mol. The van der Waals surface area contributed by atoms with Gasteiger partial charge in [-0.05, 0) is 28.2 Å². The van der Waals surface area contributed by atoms with Crippen molar-refractivity contribution in [2.75, 3.05) is 26.0 Å². The third-order valence-electron chi connectivity index (χ3n) is 6.16. The summed E-state index contributed by atoms with van der Waals surface area (Å²) in [6, 6.07) is 15.4. The molecule has 1 aliphatic carbocycles. The maximum Gasteiger partial charge on any atom is 0.407 e. The molecule has 9 heteroatoms. The highest BCUT2D eigenvalue weighted by Crippen LogP contribution is 2.44. The van der Waals surface area contributed by atoms with Crippen LogP contribution in [0, 0.1) is 5.92 Å². The first-order valence-electron chi connectivity index (χ1n) is 10.9. The lowest BCUT2D eigenvalue weighted by atomic mass is 9.98. The van der Waals surface area contributed by atoms with Gasteiger partial charge in [-0.15, -0.1) is 0 Å². The van der Waals surface area contributed by atoms with Gasteiger partial charge in [0, 0.05) is 18.5 Å². The molecule has 8 nitrogen and oxygen atoms in total. The van der Waals surface area contributed by atoms with Gasteiger partial charge >= 0.3 is 12.1 Å². The topological polar surface area (TPSA) is 113 Å². The SMILES string of the molecule is CC[C@@H](C)[C@@H](CN(CC(=O)O)S(C)(=O)=O)NC(=O)OCC1c2ccccc2-c2ccccc21. The summed E-state index contributed by atoms with van der Waals surface area (Å²) >= 11 is 0. The molecule has 0 unspecified atom stereocenters. The number of amides is 1. The molecule has 1 amide bonds. The van der Waals surface area contributed by atoms with Gasteiger partial charge in [-0.3, -0.25) is 4.79 Å². The lowest BCUT2D eigenvalue weighted by Crippen LogP contribution is -2.50. The standard InChI is InChI=1S/C24H30N2O6S/c1-4-16(2)22(13-26(14-23(27)28)33(3,30)31)25-24(29)32-15-21-19-11-7-5-9-17(19)18-10-6-8-12-20(18)21/h5-12,16,21-22H,4,13-15H2,1-3H3,(H,25,29)(H,27,28)/t16-,22-/m1/s1. The van der Waals surface area contributed by atoms with Crippen LogP contribution < -0.4 is 5.32 Å². The van der Waals surface area contributed by atoms with Crippen molar-refractivity contribution in [3.63, 3.8) is 0 Å². The second-order valence-electron chi connectivity index (χ2n) is 8.41. The zero-order valence-corrected chi connectivity index (χ0v) is 19.8. The second kappa shape index (κ2) is 10.4. The van der Waals surface area contributed by atoms with Crippen molar-refractivity contribution in [2.24, 2.45) is 5.92 Å². The number of rotatable bonds is 10. The Morgan fingerprint density at radius 2 is 1.64 bits per heavy atom. The zero-order valence-electron chi connectivity index (χ0n) is 19.0. The fourth-order valence-electron chi connectivity index (χ4n) is 4.13. The van der Waals surface area contributed by atoms with Gasteiger partial charge in [0.05, 0.1) is 6.26 Å². The molecule has 0 radical (unpaired) electrons. The molecule has 0 spiro atoms. The molecule has 0 aliphatic heterocycles. The number of fused-ring (bicyclic) bond motifs is 3. The number of alkyl carbamates (subject to hydrolysis) is 1. The van der Waals surface area contributed by atoms with E-state index in [1.165, 1.54) is 0 Å². The summed E-state index contributed by atoms with van der Waals surface area (Å²) in [7, 11) is -3.76. The molecule has 2 atom stereocenters. The van der Waals surface area contributed by atoms with Crippen LogP contribution in [0.3, 0.4) is 0 Å². The predicted octanol–water partition coefficient (Wildman–Crippen LogP) is 3.29. The molecule has 33 heavy (non-hydrogen) atoms. The van der Waals surface area contributed by atoms with Gasteiger partial charge in [0.1, 0.15) is 13.2 Å². The van der Waals surface area contributed by atoms with Crippen LogP contribution in [0.25, 0.3) is 11.1 Å². The van der Waals surface area contributed by atoms with Crippen LogP contribution in [0.5, 0.6) is 0 Å². The summed E-state index contributed by atoms with van der Waals surface area (Å²) in [5.41, 5.74) is 4.43. The van der Waals surface area contributed by atoms with E-state index >= 15 is 0 Å². The maximum absolute atomic E-state index is 12.7. The number of nitrogens with zero attached hydrogens (tertiary/aromatic N) is 1. The molecule has 2 N–H and O–H groups in total. The van der Waals surface area contributed by atoms with E-state index in [9.17, 15) is 18.0 Å². The van der Waals surface area contributed by atoms with Crippen LogP contribution in [0.15, 0.2) is 48.5 Å². The van der Waals surface area contributed by atoms with Crippen LogP contribution >= 0.6 is 0 Å². The number of benzene rings is 2. The Kier molecular flexibility index (Phi) is 7.76. The summed E-state index contributed by atoms with van der Waals surface area (Å²) in [4.78, 5) is 23.8. The molecule has 2 aromatic carbocycles. The summed E-state index contributed by atoms with van der Waals surface area (Å²) in [6.07, 6.45) is 0.960. The van der Waals surface area contributed by atoms with E-state index in [0.717, 1.165) is 32.8 Å². The molecule has 0 bridgehead atoms. The Morgan fingerprint density at radius 1 is 1.09 bits per heavy atom. The Bertz CT molecular complexity index is 1070. The smallest absolute Gasteiger partial charge is 0.407 e. The van der Waals surface area contributed by atoms with Crippen LogP contribution in [-0.4, -0.2) is 61.9 Å². The summed E-state index contributed by atoms with van der Waals surface area (Å²) in [5, 5.41) is 11.8. The van der Waals surface area contributed by atoms with E-state index in [4.69, 9.17) is 9.84 Å². The molecule has 0 fully saturated rings. The van der Waals surface area contributed by atoms with Crippen molar-refractivity contribution in [3.8, 4) is 11.1 Å². The average molecular weight is 475 g/mol. The first-order valence-corrected chi connectivity index (χ1v) is 12.7. The van der Waals surface area contributed by atoms with Gasteiger partial charge in [0.25, 0.3) is 0 Å². The summed E-state index contributed by atoms with van der Waals surface area (Å²) in [5.74, 6) is -1.45. The lowest BCUT2D eigenvalue weighted by Gasteiger charge is -2.29. The number of hydrogen-bond acceptors (Lipinski definition) is 5. The van der Waals surface area contributed by atoms with E-state index in [1.54, 1.807) is 0 Å². The summed E-state index contributed by atoms with van der Waals surface area (Å²) in [6.45, 7) is 3.11. The maximum atomic E-state index is 12.7. The largest absolute Gasteiger partial charge is 0.480 e. The van der Waals surface area contributed by atoms with Crippen molar-refractivity contribution in [2.45, 2.75) is 32.2 Å². The second-order valence-corrected chi connectivity index (χ2v) is 10.4. The minimum Gasteiger partial charge on any atom is -0.480 e. The fraction of sp³-hybridized carbons (Fsp3) is 0.417. The Hall–Kier alpha value is -2.91. The number of hydrogen-bond donors (Lipinski definition) is 2. The molecule has 1 aliphatic rings. The molecular formula is C24H30N2O6S. The van der Waals surface area contributed by atoms with Crippen molar-refractivity contribution >= 4 is 22.1 Å². The quantitative estimate of drug-likeness (QED) is 0.546. The zero-order chi connectivity index (χ0) is 24.2. The van der Waals surface area contributed by atoms with E-state index < -0.39 is 34.7 Å². The highest BCUT2D eigenvalue weighted by atomic mass is 32.2. The van der Waals surface area contributed by atoms with Gasteiger partial charge in [-0.25, -0.2) is 13.2 Å². The van der Waals surface area contributed by atoms with Gasteiger partial charge < -0.3 is 15.2 Å². The number of carboxylic acid groups (broad SMARTS) is 1. The minimum atomic E-state index is -3.76. The van der Waals surface area contributed by atoms with E-state index in [-0.39, 0.29) is 25.0 Å². The van der Waals surface area contributed by atoms with Crippen molar-refractivity contribution in [1.29, 1.82) is 0 Å². The Labute approximate surface area is 194 Å². The first kappa shape index (κ1) is 24.7. The van der Waals surface area contributed by atoms with Crippen LogP contribution in [-0.2, 0) is 19.6 Å². The highest BCUT2D eigenvalue weighted by Gasteiger charge is 2.31. The van der Waals surface area contributed by atoms with Crippen LogP contribution in [0.1, 0.15) is 37.3 Å². The van der Waals surface area contributed by atoms with E-state index in [2.05, 4.69) is 17.4 Å². The van der Waals surface area contributed by atoms with Crippen LogP contribution in [0.2, 0.25) is 0 Å². The van der Waals surface area contributed by atoms with Crippen LogP contribution in [0.4, 0.5) is 4.79 Å². The molecule has 0 heterocycles. The Balaban J connectivity index is 1.71. The van der Waals surface area contributed by atoms with E-state index in [0.29, 0.717) is 6.42 Å². The third kappa shape index (κ3) is 5.91. The van der Waals surface area contributed by atoms with Crippen molar-refractivity contribution in [3.05, 3.63) is 59.7 Å². The number of carbonyl (C=O) groups excluding carboxylic acids is 1. The number of carbonyl (C=O) groups is 2. The number of ether oxygens (including phenoxy) is 1. The molecule has 178 valence electrons. The lowest BCUT2D eigenvalue weighted by molar-refractivity contribution is -0.137. The molecule has 3 rings (SSSR count). The Morgan fingerprint density at radius 3 is 2.12 bits per heavy atom. The van der Waals surface area contributed by atoms with E-state index in [1.807, 2.05) is 50.2 Å². The molecular weight excluding hydrogens is 444 g/mol. The molecule has 0 saturated carbocycles. The number of nitrogens with one attached hydrogen (secondary N) is 1. The van der Waals surface area contributed by atoms with Crippen molar-refractivity contribution < 1.29 is 27.9 Å². The van der Waals surface area contributed by atoms with Crippen molar-refractivity contribution in [1.82, 2.24) is 9.62 Å². The van der Waals surface area contributed by atoms with Gasteiger partial charge in [0.2, 0.25) is 10.0 Å². The average Bonchev–Trinajstić information content (AvgIpc) is 3.09. The van der Waals surface area contributed by atoms with Gasteiger partial charge in [0.15, 0.2) is 0 Å². The molecule has 0 saturated heterocycles. The highest BCUT2D eigenvalue weighted by molar-refractivity contribution is 7.88. The fourth-order valence-corrected chi connectivity index (χ4v) is 4.91. The normalized spacial score (nSPS) is 14.9. The first-order chi connectivity index (χ1) is 15.6. The predicted molar refractivity (Wildman–Crippen MR) is 126 cm³/mol. The van der Waals surface area contributed by atoms with Gasteiger partial charge in [-0.2, -0.15) is 4.31 Å². The molecule has 0 aromatic heterocycles. The summed E-state index contributed by atoms with van der Waals surface area (Å²) < 4.78 is 30.5. The van der Waals surface area contributed by atoms with Gasteiger partial charge in [-0.1, -0.05) is 68.8 Å². The number of aliphatic carboxylic acids is 1. The number of sulfonamides is 1. The molecule has 2 aromatic rings. The minimum absolute atomic E-state index is 0.0928. The third-order valence-corrected chi connectivity index (χ3v) is 7.37. The number of carboxylic acids is 1.